The average molecular weight is 243 g/mol. The molecule has 1 aromatic rings. The van der Waals surface area contributed by atoms with Crippen molar-refractivity contribution in [3.8, 4) is 0 Å². The molecule has 4 nitrogen and oxygen atoms in total. The van der Waals surface area contributed by atoms with Crippen molar-refractivity contribution in [1.29, 1.82) is 0 Å². The van der Waals surface area contributed by atoms with Crippen LogP contribution in [0.15, 0.2) is 16.5 Å². The normalized spacial score (nSPS) is 10.4. The first-order chi connectivity index (χ1) is 7.76. The van der Waals surface area contributed by atoms with Crippen LogP contribution in [-0.2, 0) is 21.8 Å². The maximum absolute atomic E-state index is 11.0. The Kier molecular flexibility index (Phi) is 6.03. The van der Waals surface area contributed by atoms with Gasteiger partial charge in [0.05, 0.1) is 25.4 Å². The topological polar surface area (TPSA) is 51.5 Å². The molecule has 1 rings (SSSR count). The molecular weight excluding hydrogens is 226 g/mol. The number of hydrogen-bond acceptors (Lipinski definition) is 5. The van der Waals surface area contributed by atoms with Crippen LogP contribution < -0.4 is 5.32 Å². The first kappa shape index (κ1) is 13.1. The number of thioether (sulfide) groups is 1. The summed E-state index contributed by atoms with van der Waals surface area (Å²) in [7, 11) is 0. The summed E-state index contributed by atoms with van der Waals surface area (Å²) in [6, 6.07) is 3.88. The molecule has 0 atom stereocenters. The molecule has 0 aromatic carbocycles. The van der Waals surface area contributed by atoms with Crippen molar-refractivity contribution in [2.24, 2.45) is 0 Å². The van der Waals surface area contributed by atoms with Crippen molar-refractivity contribution in [2.75, 3.05) is 19.4 Å². The van der Waals surface area contributed by atoms with Gasteiger partial charge in [-0.15, -0.1) is 0 Å². The van der Waals surface area contributed by atoms with Gasteiger partial charge in [0, 0.05) is 0 Å². The van der Waals surface area contributed by atoms with E-state index in [2.05, 4.69) is 5.32 Å². The predicted molar refractivity (Wildman–Crippen MR) is 64.3 cm³/mol. The molecule has 0 amide bonds. The first-order valence-corrected chi connectivity index (χ1v) is 6.58. The van der Waals surface area contributed by atoms with Crippen LogP contribution in [0.25, 0.3) is 0 Å². The van der Waals surface area contributed by atoms with Crippen molar-refractivity contribution in [2.45, 2.75) is 19.2 Å². The van der Waals surface area contributed by atoms with Gasteiger partial charge in [-0.1, -0.05) is 0 Å². The molecule has 0 unspecified atom stereocenters. The van der Waals surface area contributed by atoms with E-state index in [9.17, 15) is 4.79 Å². The molecule has 0 aliphatic rings. The maximum atomic E-state index is 11.0. The molecule has 1 heterocycles. The number of ether oxygens (including phenoxy) is 1. The zero-order chi connectivity index (χ0) is 11.8. The van der Waals surface area contributed by atoms with Gasteiger partial charge in [-0.25, -0.2) is 0 Å². The molecule has 1 aromatic heterocycles. The molecule has 0 fully saturated rings. The largest absolute Gasteiger partial charge is 0.465 e. The van der Waals surface area contributed by atoms with E-state index < -0.39 is 0 Å². The SMILES string of the molecule is CCOC(=O)CNCc1ccc(CSC)o1. The fourth-order valence-corrected chi connectivity index (χ4v) is 1.68. The van der Waals surface area contributed by atoms with E-state index in [4.69, 9.17) is 9.15 Å². The van der Waals surface area contributed by atoms with Crippen molar-refractivity contribution in [3.05, 3.63) is 23.7 Å². The van der Waals surface area contributed by atoms with E-state index in [1.807, 2.05) is 18.4 Å². The van der Waals surface area contributed by atoms with Crippen molar-refractivity contribution < 1.29 is 13.9 Å². The minimum absolute atomic E-state index is 0.215. The number of esters is 1. The van der Waals surface area contributed by atoms with Crippen LogP contribution in [0.5, 0.6) is 0 Å². The minimum atomic E-state index is -0.238. The van der Waals surface area contributed by atoms with Gasteiger partial charge in [-0.3, -0.25) is 10.1 Å². The van der Waals surface area contributed by atoms with Crippen LogP contribution in [-0.4, -0.2) is 25.4 Å². The Morgan fingerprint density at radius 3 is 2.94 bits per heavy atom. The van der Waals surface area contributed by atoms with E-state index in [0.717, 1.165) is 17.3 Å². The summed E-state index contributed by atoms with van der Waals surface area (Å²) >= 11 is 1.72. The van der Waals surface area contributed by atoms with Gasteiger partial charge in [0.15, 0.2) is 0 Å². The average Bonchev–Trinajstić information content (AvgIpc) is 2.67. The summed E-state index contributed by atoms with van der Waals surface area (Å²) in [6.45, 7) is 2.97. The molecule has 0 bridgehead atoms. The third-order valence-electron chi connectivity index (χ3n) is 1.88. The first-order valence-electron chi connectivity index (χ1n) is 5.19. The molecule has 0 saturated carbocycles. The van der Waals surface area contributed by atoms with Gasteiger partial charge < -0.3 is 9.15 Å². The summed E-state index contributed by atoms with van der Waals surface area (Å²) in [4.78, 5) is 11.0. The van der Waals surface area contributed by atoms with E-state index in [0.29, 0.717) is 13.2 Å². The van der Waals surface area contributed by atoms with Gasteiger partial charge in [0.1, 0.15) is 11.5 Å². The smallest absolute Gasteiger partial charge is 0.319 e. The Bertz CT molecular complexity index is 325. The van der Waals surface area contributed by atoms with Gasteiger partial charge in [-0.2, -0.15) is 11.8 Å². The van der Waals surface area contributed by atoms with E-state index >= 15 is 0 Å². The van der Waals surface area contributed by atoms with Gasteiger partial charge in [0.25, 0.3) is 0 Å². The molecule has 90 valence electrons. The lowest BCUT2D eigenvalue weighted by Crippen LogP contribution is -2.24. The van der Waals surface area contributed by atoms with Crippen LogP contribution in [0.3, 0.4) is 0 Å². The minimum Gasteiger partial charge on any atom is -0.465 e. The summed E-state index contributed by atoms with van der Waals surface area (Å²) in [6.07, 6.45) is 2.03. The monoisotopic (exact) mass is 243 g/mol. The number of nitrogens with one attached hydrogen (secondary N) is 1. The van der Waals surface area contributed by atoms with E-state index in [-0.39, 0.29) is 12.5 Å². The van der Waals surface area contributed by atoms with Crippen molar-refractivity contribution >= 4 is 17.7 Å². The van der Waals surface area contributed by atoms with Gasteiger partial charge >= 0.3 is 5.97 Å². The second-order valence-electron chi connectivity index (χ2n) is 3.21. The summed E-state index contributed by atoms with van der Waals surface area (Å²) in [5.74, 6) is 2.44. The molecule has 0 radical (unpaired) electrons. The second kappa shape index (κ2) is 7.35. The molecule has 0 spiro atoms. The van der Waals surface area contributed by atoms with Crippen LogP contribution in [0.2, 0.25) is 0 Å². The number of furan rings is 1. The highest BCUT2D eigenvalue weighted by Crippen LogP contribution is 2.12. The third kappa shape index (κ3) is 4.72. The summed E-state index contributed by atoms with van der Waals surface area (Å²) < 4.78 is 10.3. The molecule has 0 aliphatic heterocycles. The maximum Gasteiger partial charge on any atom is 0.319 e. The number of hydrogen-bond donors (Lipinski definition) is 1. The highest BCUT2D eigenvalue weighted by atomic mass is 32.2. The van der Waals surface area contributed by atoms with Crippen LogP contribution >= 0.6 is 11.8 Å². The summed E-state index contributed by atoms with van der Waals surface area (Å²) in [5, 5.41) is 2.97. The van der Waals surface area contributed by atoms with Crippen molar-refractivity contribution in [3.63, 3.8) is 0 Å². The van der Waals surface area contributed by atoms with Gasteiger partial charge in [0.2, 0.25) is 0 Å². The Labute approximate surface area is 99.7 Å². The Balaban J connectivity index is 2.23. The quantitative estimate of drug-likeness (QED) is 0.740. The highest BCUT2D eigenvalue weighted by Gasteiger charge is 2.03. The fourth-order valence-electron chi connectivity index (χ4n) is 1.24. The third-order valence-corrected chi connectivity index (χ3v) is 2.45. The lowest BCUT2D eigenvalue weighted by atomic mass is 10.4. The van der Waals surface area contributed by atoms with Crippen LogP contribution in [0, 0.1) is 0 Å². The van der Waals surface area contributed by atoms with Gasteiger partial charge in [-0.05, 0) is 25.3 Å². The molecular formula is C11H17NO3S. The fraction of sp³-hybridized carbons (Fsp3) is 0.545. The van der Waals surface area contributed by atoms with E-state index in [1.54, 1.807) is 18.7 Å². The Hall–Kier alpha value is -0.940. The lowest BCUT2D eigenvalue weighted by molar-refractivity contribution is -0.142. The zero-order valence-electron chi connectivity index (χ0n) is 9.62. The molecule has 16 heavy (non-hydrogen) atoms. The second-order valence-corrected chi connectivity index (χ2v) is 4.08. The zero-order valence-corrected chi connectivity index (χ0v) is 10.4. The van der Waals surface area contributed by atoms with Crippen molar-refractivity contribution in [1.82, 2.24) is 5.32 Å². The molecule has 0 aliphatic carbocycles. The Morgan fingerprint density at radius 2 is 2.25 bits per heavy atom. The van der Waals surface area contributed by atoms with E-state index in [1.165, 1.54) is 0 Å². The molecule has 0 saturated heterocycles. The standard InChI is InChI=1S/C11H17NO3S/c1-3-14-11(13)7-12-6-9-4-5-10(15-9)8-16-2/h4-5,12H,3,6-8H2,1-2H3. The number of rotatable bonds is 7. The predicted octanol–water partition coefficient (Wildman–Crippen LogP) is 1.80. The molecule has 1 N–H and O–H groups in total. The highest BCUT2D eigenvalue weighted by molar-refractivity contribution is 7.97. The number of carbonyl (C=O) groups is 1. The van der Waals surface area contributed by atoms with Crippen LogP contribution in [0.1, 0.15) is 18.4 Å². The number of carbonyl (C=O) groups excluding carboxylic acids is 1. The van der Waals surface area contributed by atoms with Crippen LogP contribution in [0.4, 0.5) is 0 Å². The Morgan fingerprint density at radius 1 is 1.50 bits per heavy atom. The molecule has 5 heteroatoms. The summed E-state index contributed by atoms with van der Waals surface area (Å²) in [5.41, 5.74) is 0. The lowest BCUT2D eigenvalue weighted by Gasteiger charge is -2.02.